The van der Waals surface area contributed by atoms with Gasteiger partial charge in [0.15, 0.2) is 11.5 Å². The number of ether oxygens (including phenoxy) is 2. The summed E-state index contributed by atoms with van der Waals surface area (Å²) < 4.78 is 10.1. The lowest BCUT2D eigenvalue weighted by Crippen LogP contribution is -2.18. The molecule has 2 N–H and O–H groups in total. The maximum absolute atomic E-state index is 11.0. The molecule has 1 aromatic carbocycles. The number of phenolic OH excluding ortho intramolecular Hbond substituents is 1. The molecule has 6 nitrogen and oxygen atoms in total. The maximum Gasteiger partial charge on any atom is 0.427 e. The van der Waals surface area contributed by atoms with Crippen molar-refractivity contribution in [3.8, 4) is 11.5 Å². The predicted molar refractivity (Wildman–Crippen MR) is 70.1 cm³/mol. The van der Waals surface area contributed by atoms with Gasteiger partial charge in [-0.05, 0) is 40.5 Å². The Morgan fingerprint density at radius 2 is 2.33 bits per heavy atom. The van der Waals surface area contributed by atoms with Gasteiger partial charge >= 0.3 is 6.09 Å². The molecule has 7 heteroatoms. The number of phenols is 1. The molecule has 0 bridgehead atoms. The van der Waals surface area contributed by atoms with Crippen molar-refractivity contribution in [1.82, 2.24) is 5.43 Å². The van der Waals surface area contributed by atoms with E-state index in [4.69, 9.17) is 4.74 Å². The van der Waals surface area contributed by atoms with Crippen molar-refractivity contribution >= 4 is 28.2 Å². The predicted octanol–water partition coefficient (Wildman–Crippen LogP) is 2.24. The summed E-state index contributed by atoms with van der Waals surface area (Å²) in [6.07, 6.45) is 0.780. The fraction of sp³-hybridized carbons (Fsp3) is 0.273. The lowest BCUT2D eigenvalue weighted by Gasteiger charge is -2.06. The Balaban J connectivity index is 2.76. The van der Waals surface area contributed by atoms with Crippen LogP contribution in [0.15, 0.2) is 21.7 Å². The molecular weight excluding hydrogens is 304 g/mol. The van der Waals surface area contributed by atoms with Crippen LogP contribution in [-0.2, 0) is 4.74 Å². The van der Waals surface area contributed by atoms with E-state index in [2.05, 4.69) is 31.2 Å². The Morgan fingerprint density at radius 3 is 2.94 bits per heavy atom. The molecule has 0 aliphatic carbocycles. The van der Waals surface area contributed by atoms with E-state index in [-0.39, 0.29) is 12.4 Å². The van der Waals surface area contributed by atoms with Crippen LogP contribution in [0.3, 0.4) is 0 Å². The Morgan fingerprint density at radius 1 is 1.61 bits per heavy atom. The van der Waals surface area contributed by atoms with Crippen LogP contribution in [0.4, 0.5) is 4.79 Å². The van der Waals surface area contributed by atoms with Crippen molar-refractivity contribution in [3.63, 3.8) is 0 Å². The second-order valence-corrected chi connectivity index (χ2v) is 4.00. The molecule has 0 atom stereocenters. The van der Waals surface area contributed by atoms with Gasteiger partial charge in [-0.3, -0.25) is 0 Å². The van der Waals surface area contributed by atoms with Gasteiger partial charge in [0.2, 0.25) is 0 Å². The van der Waals surface area contributed by atoms with Crippen molar-refractivity contribution in [2.45, 2.75) is 6.92 Å². The summed E-state index contributed by atoms with van der Waals surface area (Å²) in [5, 5.41) is 13.3. The summed E-state index contributed by atoms with van der Waals surface area (Å²) in [7, 11) is 1.44. The largest absolute Gasteiger partial charge is 0.503 e. The van der Waals surface area contributed by atoms with Crippen LogP contribution < -0.4 is 10.2 Å². The molecule has 98 valence electrons. The summed E-state index contributed by atoms with van der Waals surface area (Å²) in [6.45, 7) is 1.98. The van der Waals surface area contributed by atoms with Crippen LogP contribution in [0.2, 0.25) is 0 Å². The first-order chi connectivity index (χ1) is 8.58. The number of halogens is 1. The van der Waals surface area contributed by atoms with Gasteiger partial charge in [0.05, 0.1) is 24.4 Å². The van der Waals surface area contributed by atoms with Gasteiger partial charge in [-0.1, -0.05) is 0 Å². The quantitative estimate of drug-likeness (QED) is 0.659. The fourth-order valence-electron chi connectivity index (χ4n) is 1.15. The fourth-order valence-corrected chi connectivity index (χ4v) is 1.61. The third-order valence-corrected chi connectivity index (χ3v) is 2.52. The summed E-state index contributed by atoms with van der Waals surface area (Å²) in [5.74, 6) is 0.315. The number of benzene rings is 1. The Kier molecular flexibility index (Phi) is 5.44. The molecule has 1 aromatic rings. The molecule has 0 aromatic heterocycles. The van der Waals surface area contributed by atoms with Gasteiger partial charge in [0.25, 0.3) is 0 Å². The first-order valence-electron chi connectivity index (χ1n) is 5.10. The number of nitrogens with one attached hydrogen (secondary N) is 1. The molecule has 0 fully saturated rings. The number of hydrogen-bond acceptors (Lipinski definition) is 5. The molecular formula is C11H13BrN2O4. The van der Waals surface area contributed by atoms with Gasteiger partial charge < -0.3 is 14.6 Å². The van der Waals surface area contributed by atoms with E-state index in [0.717, 1.165) is 0 Å². The van der Waals surface area contributed by atoms with Crippen LogP contribution in [0.25, 0.3) is 0 Å². The molecule has 0 unspecified atom stereocenters. The number of hydrazone groups is 1. The first kappa shape index (κ1) is 14.3. The van der Waals surface area contributed by atoms with Gasteiger partial charge in [-0.2, -0.15) is 5.10 Å². The number of methoxy groups -OCH3 is 1. The number of nitrogens with zero attached hydrogens (tertiary/aromatic N) is 1. The van der Waals surface area contributed by atoms with Crippen molar-refractivity contribution in [2.24, 2.45) is 5.10 Å². The Bertz CT molecular complexity index is 463. The van der Waals surface area contributed by atoms with Crippen LogP contribution in [0, 0.1) is 0 Å². The molecule has 0 aliphatic rings. The standard InChI is InChI=1S/C11H13BrN2O4/c1-3-18-11(16)14-13-6-7-4-8(12)10(15)9(5-7)17-2/h4-6,15H,3H2,1-2H3,(H,14,16)/b13-6+. The van der Waals surface area contributed by atoms with Gasteiger partial charge in [0.1, 0.15) is 0 Å². The summed E-state index contributed by atoms with van der Waals surface area (Å²) in [6, 6.07) is 3.21. The lowest BCUT2D eigenvalue weighted by molar-refractivity contribution is 0.152. The highest BCUT2D eigenvalue weighted by Gasteiger charge is 2.07. The third kappa shape index (κ3) is 3.92. The number of hydrogen-bond donors (Lipinski definition) is 2. The Labute approximate surface area is 113 Å². The maximum atomic E-state index is 11.0. The third-order valence-electron chi connectivity index (χ3n) is 1.92. The minimum atomic E-state index is -0.626. The van der Waals surface area contributed by atoms with E-state index in [9.17, 15) is 9.90 Å². The number of carbonyl (C=O) groups is 1. The minimum Gasteiger partial charge on any atom is -0.503 e. The highest BCUT2D eigenvalue weighted by Crippen LogP contribution is 2.34. The van der Waals surface area contributed by atoms with Crippen LogP contribution >= 0.6 is 15.9 Å². The minimum absolute atomic E-state index is 0.00741. The molecule has 0 saturated heterocycles. The highest BCUT2D eigenvalue weighted by atomic mass is 79.9. The first-order valence-corrected chi connectivity index (χ1v) is 5.90. The zero-order valence-corrected chi connectivity index (χ0v) is 11.5. The second kappa shape index (κ2) is 6.85. The average Bonchev–Trinajstić information content (AvgIpc) is 2.33. The smallest absolute Gasteiger partial charge is 0.427 e. The van der Waals surface area contributed by atoms with Crippen LogP contribution in [0.1, 0.15) is 12.5 Å². The molecule has 0 radical (unpaired) electrons. The normalized spacial score (nSPS) is 10.4. The topological polar surface area (TPSA) is 80.2 Å². The van der Waals surface area contributed by atoms with Crippen LogP contribution in [-0.4, -0.2) is 31.1 Å². The number of aromatic hydroxyl groups is 1. The zero-order chi connectivity index (χ0) is 13.5. The van der Waals surface area contributed by atoms with Gasteiger partial charge in [-0.25, -0.2) is 10.2 Å². The van der Waals surface area contributed by atoms with Crippen molar-refractivity contribution in [3.05, 3.63) is 22.2 Å². The molecule has 0 heterocycles. The number of carbonyl (C=O) groups excluding carboxylic acids is 1. The van der Waals surface area contributed by atoms with E-state index in [1.165, 1.54) is 13.3 Å². The number of rotatable bonds is 4. The molecule has 0 aliphatic heterocycles. The number of amides is 1. The van der Waals surface area contributed by atoms with Crippen molar-refractivity contribution < 1.29 is 19.4 Å². The second-order valence-electron chi connectivity index (χ2n) is 3.14. The SMILES string of the molecule is CCOC(=O)N/N=C/c1cc(Br)c(O)c(OC)c1. The van der Waals surface area contributed by atoms with E-state index in [1.54, 1.807) is 19.1 Å². The molecule has 0 spiro atoms. The zero-order valence-electron chi connectivity index (χ0n) is 9.94. The van der Waals surface area contributed by atoms with E-state index < -0.39 is 6.09 Å². The highest BCUT2D eigenvalue weighted by molar-refractivity contribution is 9.10. The molecule has 1 rings (SSSR count). The van der Waals surface area contributed by atoms with Crippen molar-refractivity contribution in [1.29, 1.82) is 0 Å². The average molecular weight is 317 g/mol. The monoisotopic (exact) mass is 316 g/mol. The molecule has 1 amide bonds. The summed E-state index contributed by atoms with van der Waals surface area (Å²) in [4.78, 5) is 11.0. The van der Waals surface area contributed by atoms with Gasteiger partial charge in [0, 0.05) is 0 Å². The Hall–Kier alpha value is -1.76. The van der Waals surface area contributed by atoms with Gasteiger partial charge in [-0.15, -0.1) is 0 Å². The van der Waals surface area contributed by atoms with Crippen molar-refractivity contribution in [2.75, 3.05) is 13.7 Å². The van der Waals surface area contributed by atoms with E-state index in [0.29, 0.717) is 15.8 Å². The summed E-state index contributed by atoms with van der Waals surface area (Å²) >= 11 is 3.18. The summed E-state index contributed by atoms with van der Waals surface area (Å²) in [5.41, 5.74) is 2.84. The molecule has 0 saturated carbocycles. The molecule has 18 heavy (non-hydrogen) atoms. The lowest BCUT2D eigenvalue weighted by atomic mass is 10.2. The van der Waals surface area contributed by atoms with E-state index in [1.807, 2.05) is 0 Å². The van der Waals surface area contributed by atoms with E-state index >= 15 is 0 Å². The van der Waals surface area contributed by atoms with Crippen LogP contribution in [0.5, 0.6) is 11.5 Å².